The number of unbranched alkanes of at least 4 members (excludes halogenated alkanes) is 2. The Morgan fingerprint density at radius 2 is 1.30 bits per heavy atom. The van der Waals surface area contributed by atoms with Crippen molar-refractivity contribution in [1.29, 1.82) is 0 Å². The van der Waals surface area contributed by atoms with Crippen molar-refractivity contribution in [2.75, 3.05) is 52.9 Å². The summed E-state index contributed by atoms with van der Waals surface area (Å²) in [5, 5.41) is 0. The van der Waals surface area contributed by atoms with Crippen molar-refractivity contribution in [3.63, 3.8) is 0 Å². The molecule has 2 rings (SSSR count). The van der Waals surface area contributed by atoms with Gasteiger partial charge < -0.3 is 18.7 Å². The quantitative estimate of drug-likeness (QED) is 0.118. The van der Waals surface area contributed by atoms with Crippen LogP contribution in [-0.4, -0.2) is 57.4 Å². The molecule has 0 heterocycles. The molecule has 0 saturated heterocycles. The molecule has 0 aliphatic rings. The molecule has 0 bridgehead atoms. The summed E-state index contributed by atoms with van der Waals surface area (Å²) >= 11 is 5.72. The summed E-state index contributed by atoms with van der Waals surface area (Å²) in [5.41, 5.74) is 3.10. The lowest BCUT2D eigenvalue weighted by molar-refractivity contribution is -0.904. The summed E-state index contributed by atoms with van der Waals surface area (Å²) in [4.78, 5) is 0. The second-order valence-corrected chi connectivity index (χ2v) is 13.0. The monoisotopic (exact) mass is 532 g/mol. The van der Waals surface area contributed by atoms with Crippen LogP contribution in [0.15, 0.2) is 48.5 Å². The number of alkyl halides is 1. The molecular formula is C32H51ClNO3+. The zero-order valence-corrected chi connectivity index (χ0v) is 25.2. The molecule has 2 aromatic carbocycles. The third-order valence-electron chi connectivity index (χ3n) is 6.53. The van der Waals surface area contributed by atoms with Gasteiger partial charge in [0, 0.05) is 11.4 Å². The van der Waals surface area contributed by atoms with Crippen LogP contribution in [0.2, 0.25) is 0 Å². The number of likely N-dealkylation sites (N-methyl/N-ethyl adjacent to an activating group) is 1. The van der Waals surface area contributed by atoms with E-state index in [0.717, 1.165) is 67.2 Å². The largest absolute Gasteiger partial charge is 0.494 e. The molecule has 0 saturated carbocycles. The zero-order valence-electron chi connectivity index (χ0n) is 24.4. The molecule has 0 aliphatic carbocycles. The maximum atomic E-state index is 5.91. The summed E-state index contributed by atoms with van der Waals surface area (Å²) in [6, 6.07) is 17.0. The van der Waals surface area contributed by atoms with Gasteiger partial charge in [-0.3, -0.25) is 0 Å². The van der Waals surface area contributed by atoms with Gasteiger partial charge in [-0.15, -0.1) is 11.6 Å². The molecule has 0 amide bonds. The number of ether oxygens (including phenoxy) is 3. The molecule has 0 aliphatic heterocycles. The minimum Gasteiger partial charge on any atom is -0.494 e. The van der Waals surface area contributed by atoms with E-state index in [1.165, 1.54) is 11.1 Å². The highest BCUT2D eigenvalue weighted by Crippen LogP contribution is 2.36. The minimum atomic E-state index is 0.144. The van der Waals surface area contributed by atoms with Crippen LogP contribution in [0.3, 0.4) is 0 Å². The van der Waals surface area contributed by atoms with Gasteiger partial charge in [0.1, 0.15) is 31.2 Å². The van der Waals surface area contributed by atoms with E-state index in [4.69, 9.17) is 25.8 Å². The Balaban J connectivity index is 1.64. The minimum absolute atomic E-state index is 0.144. The summed E-state index contributed by atoms with van der Waals surface area (Å²) in [6.07, 6.45) is 4.35. The fourth-order valence-electron chi connectivity index (χ4n) is 4.89. The molecule has 0 N–H and O–H groups in total. The first-order valence-corrected chi connectivity index (χ1v) is 14.3. The Morgan fingerprint density at radius 3 is 1.89 bits per heavy atom. The van der Waals surface area contributed by atoms with Crippen LogP contribution in [0.25, 0.3) is 0 Å². The van der Waals surface area contributed by atoms with E-state index in [1.807, 2.05) is 0 Å². The normalized spacial score (nSPS) is 12.5. The predicted molar refractivity (Wildman–Crippen MR) is 157 cm³/mol. The van der Waals surface area contributed by atoms with Crippen LogP contribution in [0.1, 0.15) is 71.4 Å². The van der Waals surface area contributed by atoms with Crippen molar-refractivity contribution in [3.8, 4) is 11.5 Å². The molecule has 208 valence electrons. The van der Waals surface area contributed by atoms with Crippen molar-refractivity contribution in [2.24, 2.45) is 5.41 Å². The van der Waals surface area contributed by atoms with E-state index in [-0.39, 0.29) is 5.41 Å². The number of hydrogen-bond acceptors (Lipinski definition) is 3. The van der Waals surface area contributed by atoms with Gasteiger partial charge in [0.15, 0.2) is 0 Å². The van der Waals surface area contributed by atoms with Crippen molar-refractivity contribution in [3.05, 3.63) is 59.7 Å². The van der Waals surface area contributed by atoms with Crippen molar-refractivity contribution < 1.29 is 18.7 Å². The third kappa shape index (κ3) is 13.0. The zero-order chi connectivity index (χ0) is 27.4. The number of halogens is 1. The number of hydrogen-bond donors (Lipinski definition) is 0. The molecule has 4 nitrogen and oxygen atoms in total. The van der Waals surface area contributed by atoms with Gasteiger partial charge in [0.2, 0.25) is 0 Å². The molecular weight excluding hydrogens is 482 g/mol. The van der Waals surface area contributed by atoms with E-state index >= 15 is 0 Å². The maximum absolute atomic E-state index is 5.91. The van der Waals surface area contributed by atoms with Crippen molar-refractivity contribution >= 4 is 11.6 Å². The standard InChI is InChI=1S/C32H51ClNO3/c1-31(2,3)26-32(4,5)28-13-17-30(18-14-28)37-24-23-35-22-20-34(6,7)25-27-11-15-29(16-12-27)36-21-10-8-9-19-33/h11-18H,8-10,19-26H2,1-7H3/q+1. The number of rotatable bonds is 17. The topological polar surface area (TPSA) is 27.7 Å². The Bertz CT molecular complexity index is 886. The van der Waals surface area contributed by atoms with E-state index in [0.29, 0.717) is 25.2 Å². The molecule has 0 aromatic heterocycles. The van der Waals surface area contributed by atoms with Gasteiger partial charge in [0.05, 0.1) is 33.9 Å². The Kier molecular flexibility index (Phi) is 12.8. The van der Waals surface area contributed by atoms with Crippen molar-refractivity contribution in [2.45, 2.75) is 72.3 Å². The highest BCUT2D eigenvalue weighted by molar-refractivity contribution is 6.17. The SMILES string of the molecule is CC(C)(C)CC(C)(C)c1ccc(OCCOCC[N+](C)(C)Cc2ccc(OCCCCCCl)cc2)cc1. The number of nitrogens with zero attached hydrogens (tertiary/aromatic N) is 1. The van der Waals surface area contributed by atoms with Crippen LogP contribution in [0.5, 0.6) is 11.5 Å². The van der Waals surface area contributed by atoms with E-state index in [9.17, 15) is 0 Å². The summed E-state index contributed by atoms with van der Waals surface area (Å²) in [6.45, 7) is 16.0. The average Bonchev–Trinajstić information content (AvgIpc) is 2.81. The van der Waals surface area contributed by atoms with Gasteiger partial charge in [-0.2, -0.15) is 0 Å². The summed E-state index contributed by atoms with van der Waals surface area (Å²) in [7, 11) is 4.48. The van der Waals surface area contributed by atoms with Crippen molar-refractivity contribution in [1.82, 2.24) is 0 Å². The first kappa shape index (κ1) is 31.5. The van der Waals surface area contributed by atoms with Crippen LogP contribution < -0.4 is 9.47 Å². The lowest BCUT2D eigenvalue weighted by atomic mass is 9.72. The Morgan fingerprint density at radius 1 is 0.703 bits per heavy atom. The molecule has 0 spiro atoms. The predicted octanol–water partition coefficient (Wildman–Crippen LogP) is 7.86. The van der Waals surface area contributed by atoms with E-state index in [2.05, 4.69) is 97.2 Å². The lowest BCUT2D eigenvalue weighted by Crippen LogP contribution is -2.41. The first-order chi connectivity index (χ1) is 17.4. The molecule has 0 unspecified atom stereocenters. The first-order valence-electron chi connectivity index (χ1n) is 13.8. The van der Waals surface area contributed by atoms with Gasteiger partial charge in [-0.1, -0.05) is 46.8 Å². The summed E-state index contributed by atoms with van der Waals surface area (Å²) in [5.74, 6) is 2.57. The van der Waals surface area contributed by atoms with Crippen LogP contribution >= 0.6 is 11.6 Å². The Labute approximate surface area is 231 Å². The average molecular weight is 533 g/mol. The van der Waals surface area contributed by atoms with Gasteiger partial charge in [-0.25, -0.2) is 0 Å². The smallest absolute Gasteiger partial charge is 0.119 e. The maximum Gasteiger partial charge on any atom is 0.119 e. The highest BCUT2D eigenvalue weighted by atomic mass is 35.5. The molecule has 0 atom stereocenters. The molecule has 0 radical (unpaired) electrons. The number of benzene rings is 2. The Hall–Kier alpha value is -1.75. The van der Waals surface area contributed by atoms with Gasteiger partial charge in [-0.05, 0) is 78.5 Å². The lowest BCUT2D eigenvalue weighted by Gasteiger charge is -2.33. The molecule has 5 heteroatoms. The second-order valence-electron chi connectivity index (χ2n) is 12.7. The van der Waals surface area contributed by atoms with E-state index < -0.39 is 0 Å². The van der Waals surface area contributed by atoms with E-state index in [1.54, 1.807) is 0 Å². The third-order valence-corrected chi connectivity index (χ3v) is 6.79. The second kappa shape index (κ2) is 15.0. The number of quaternary nitrogens is 1. The fraction of sp³-hybridized carbons (Fsp3) is 0.625. The van der Waals surface area contributed by atoms with Crippen LogP contribution in [-0.2, 0) is 16.7 Å². The van der Waals surface area contributed by atoms with Crippen LogP contribution in [0, 0.1) is 5.41 Å². The summed E-state index contributed by atoms with van der Waals surface area (Å²) < 4.78 is 18.5. The molecule has 2 aromatic rings. The van der Waals surface area contributed by atoms with Gasteiger partial charge in [0.25, 0.3) is 0 Å². The highest BCUT2D eigenvalue weighted by Gasteiger charge is 2.27. The fourth-order valence-corrected chi connectivity index (χ4v) is 5.08. The molecule has 37 heavy (non-hydrogen) atoms. The van der Waals surface area contributed by atoms with Crippen LogP contribution in [0.4, 0.5) is 0 Å². The molecule has 0 fully saturated rings. The van der Waals surface area contributed by atoms with Gasteiger partial charge >= 0.3 is 0 Å².